The van der Waals surface area contributed by atoms with E-state index in [0.29, 0.717) is 10.6 Å². The summed E-state index contributed by atoms with van der Waals surface area (Å²) in [6.45, 7) is -0.0412. The van der Waals surface area contributed by atoms with Crippen LogP contribution in [0.3, 0.4) is 0 Å². The first kappa shape index (κ1) is 13.2. The summed E-state index contributed by atoms with van der Waals surface area (Å²) in [7, 11) is 3.25. The van der Waals surface area contributed by atoms with Gasteiger partial charge in [-0.15, -0.1) is 16.4 Å². The second-order valence-corrected chi connectivity index (χ2v) is 4.96. The van der Waals surface area contributed by atoms with Crippen molar-refractivity contribution in [1.82, 2.24) is 19.9 Å². The summed E-state index contributed by atoms with van der Waals surface area (Å²) in [5.74, 6) is -1.34. The predicted molar refractivity (Wildman–Crippen MR) is 69.0 cm³/mol. The van der Waals surface area contributed by atoms with Gasteiger partial charge in [0.1, 0.15) is 12.2 Å². The van der Waals surface area contributed by atoms with Gasteiger partial charge in [-0.3, -0.25) is 4.79 Å². The Morgan fingerprint density at radius 1 is 1.47 bits per heavy atom. The summed E-state index contributed by atoms with van der Waals surface area (Å²) in [6, 6.07) is 3.57. The van der Waals surface area contributed by atoms with Crippen LogP contribution in [-0.4, -0.2) is 51.0 Å². The number of aromatic nitrogens is 3. The van der Waals surface area contributed by atoms with Gasteiger partial charge in [0, 0.05) is 14.1 Å². The van der Waals surface area contributed by atoms with Crippen LogP contribution in [-0.2, 0) is 11.3 Å². The Morgan fingerprint density at radius 2 is 2.21 bits per heavy atom. The Morgan fingerprint density at radius 3 is 2.74 bits per heavy atom. The van der Waals surface area contributed by atoms with Crippen molar-refractivity contribution in [2.45, 2.75) is 6.54 Å². The number of carbonyl (C=O) groups excluding carboxylic acids is 1. The lowest BCUT2D eigenvalue weighted by Gasteiger charge is -2.11. The number of hydrogen-bond donors (Lipinski definition) is 1. The number of rotatable bonds is 4. The van der Waals surface area contributed by atoms with Crippen molar-refractivity contribution < 1.29 is 14.7 Å². The van der Waals surface area contributed by atoms with Crippen molar-refractivity contribution in [3.63, 3.8) is 0 Å². The van der Waals surface area contributed by atoms with Gasteiger partial charge >= 0.3 is 5.97 Å². The summed E-state index contributed by atoms with van der Waals surface area (Å²) in [5, 5.41) is 18.3. The van der Waals surface area contributed by atoms with Gasteiger partial charge in [-0.1, -0.05) is 11.3 Å². The van der Waals surface area contributed by atoms with E-state index < -0.39 is 5.97 Å². The predicted octanol–water partition coefficient (Wildman–Crippen LogP) is 0.793. The van der Waals surface area contributed by atoms with Crippen LogP contribution >= 0.6 is 11.3 Å². The van der Waals surface area contributed by atoms with Crippen molar-refractivity contribution >= 4 is 23.2 Å². The third kappa shape index (κ3) is 2.63. The highest BCUT2D eigenvalue weighted by molar-refractivity contribution is 7.13. The maximum absolute atomic E-state index is 11.7. The molecule has 0 saturated heterocycles. The number of thiophene rings is 1. The van der Waals surface area contributed by atoms with E-state index in [9.17, 15) is 9.59 Å². The highest BCUT2D eigenvalue weighted by Crippen LogP contribution is 2.27. The van der Waals surface area contributed by atoms with E-state index in [0.717, 1.165) is 0 Å². The number of amides is 1. The second-order valence-electron chi connectivity index (χ2n) is 4.01. The molecular formula is C11H12N4O3S. The SMILES string of the molecule is CN(C)C(=O)Cn1nnc(C(=O)O)c1-c1cccs1. The number of carbonyl (C=O) groups is 2. The molecule has 0 aliphatic rings. The van der Waals surface area contributed by atoms with Crippen molar-refractivity contribution in [1.29, 1.82) is 0 Å². The molecule has 1 N–H and O–H groups in total. The number of nitrogens with zero attached hydrogens (tertiary/aromatic N) is 4. The van der Waals surface area contributed by atoms with Crippen LogP contribution in [0, 0.1) is 0 Å². The van der Waals surface area contributed by atoms with Gasteiger partial charge in [-0.2, -0.15) is 0 Å². The third-order valence-electron chi connectivity index (χ3n) is 2.48. The lowest BCUT2D eigenvalue weighted by molar-refractivity contribution is -0.129. The van der Waals surface area contributed by atoms with Gasteiger partial charge in [0.2, 0.25) is 5.91 Å². The maximum atomic E-state index is 11.7. The Balaban J connectivity index is 2.45. The molecule has 2 aromatic rings. The van der Waals surface area contributed by atoms with Gasteiger partial charge in [0.15, 0.2) is 5.69 Å². The molecule has 0 unspecified atom stereocenters. The Hall–Kier alpha value is -2.22. The third-order valence-corrected chi connectivity index (χ3v) is 3.35. The van der Waals surface area contributed by atoms with Crippen LogP contribution in [0.15, 0.2) is 17.5 Å². The average molecular weight is 280 g/mol. The zero-order valence-electron chi connectivity index (χ0n) is 10.4. The molecule has 2 heterocycles. The molecule has 0 aliphatic heterocycles. The number of carboxylic acids is 1. The first-order chi connectivity index (χ1) is 9.00. The van der Waals surface area contributed by atoms with E-state index in [2.05, 4.69) is 10.3 Å². The van der Waals surface area contributed by atoms with E-state index in [1.807, 2.05) is 5.38 Å². The molecule has 0 fully saturated rings. The molecule has 8 heteroatoms. The summed E-state index contributed by atoms with van der Waals surface area (Å²) < 4.78 is 1.32. The van der Waals surface area contributed by atoms with Crippen LogP contribution in [0.4, 0.5) is 0 Å². The number of carboxylic acid groups (broad SMARTS) is 1. The lowest BCUT2D eigenvalue weighted by Crippen LogP contribution is -2.27. The zero-order chi connectivity index (χ0) is 14.0. The van der Waals surface area contributed by atoms with Crippen LogP contribution in [0.2, 0.25) is 0 Å². The van der Waals surface area contributed by atoms with Gasteiger partial charge in [0.05, 0.1) is 4.88 Å². The van der Waals surface area contributed by atoms with E-state index in [1.165, 1.54) is 20.9 Å². The van der Waals surface area contributed by atoms with Crippen LogP contribution in [0.5, 0.6) is 0 Å². The molecule has 1 amide bonds. The van der Waals surface area contributed by atoms with Crippen molar-refractivity contribution in [3.8, 4) is 10.6 Å². The van der Waals surface area contributed by atoms with Crippen LogP contribution in [0.1, 0.15) is 10.5 Å². The maximum Gasteiger partial charge on any atom is 0.358 e. The molecule has 0 aliphatic carbocycles. The van der Waals surface area contributed by atoms with Crippen molar-refractivity contribution in [3.05, 3.63) is 23.2 Å². The number of hydrogen-bond acceptors (Lipinski definition) is 5. The Bertz CT molecular complexity index is 603. The van der Waals surface area contributed by atoms with E-state index in [1.54, 1.807) is 26.2 Å². The highest BCUT2D eigenvalue weighted by atomic mass is 32.1. The molecular weight excluding hydrogens is 268 g/mol. The zero-order valence-corrected chi connectivity index (χ0v) is 11.2. The van der Waals surface area contributed by atoms with Gasteiger partial charge in [0.25, 0.3) is 0 Å². The fraction of sp³-hybridized carbons (Fsp3) is 0.273. The molecule has 0 spiro atoms. The van der Waals surface area contributed by atoms with E-state index in [4.69, 9.17) is 5.11 Å². The second kappa shape index (κ2) is 5.19. The fourth-order valence-electron chi connectivity index (χ4n) is 1.49. The molecule has 0 atom stereocenters. The summed E-state index contributed by atoms with van der Waals surface area (Å²) in [5.41, 5.74) is 0.215. The summed E-state index contributed by atoms with van der Waals surface area (Å²) in [6.07, 6.45) is 0. The molecule has 0 radical (unpaired) electrons. The smallest absolute Gasteiger partial charge is 0.358 e. The molecule has 0 aromatic carbocycles. The Labute approximate surface area is 113 Å². The summed E-state index contributed by atoms with van der Waals surface area (Å²) in [4.78, 5) is 25.0. The standard InChI is InChI=1S/C11H12N4O3S/c1-14(2)8(16)6-15-10(7-4-3-5-19-7)9(11(17)18)12-13-15/h3-5H,6H2,1-2H3,(H,17,18). The molecule has 2 aromatic heterocycles. The lowest BCUT2D eigenvalue weighted by atomic mass is 10.2. The van der Waals surface area contributed by atoms with Crippen molar-refractivity contribution in [2.75, 3.05) is 14.1 Å². The van der Waals surface area contributed by atoms with Crippen molar-refractivity contribution in [2.24, 2.45) is 0 Å². The van der Waals surface area contributed by atoms with Gasteiger partial charge in [-0.25, -0.2) is 9.48 Å². The van der Waals surface area contributed by atoms with E-state index >= 15 is 0 Å². The molecule has 2 rings (SSSR count). The minimum Gasteiger partial charge on any atom is -0.476 e. The number of aromatic carboxylic acids is 1. The molecule has 7 nitrogen and oxygen atoms in total. The first-order valence-corrected chi connectivity index (χ1v) is 6.29. The minimum absolute atomic E-state index is 0.0412. The quantitative estimate of drug-likeness (QED) is 0.894. The fourth-order valence-corrected chi connectivity index (χ4v) is 2.27. The summed E-state index contributed by atoms with van der Waals surface area (Å²) >= 11 is 1.37. The molecule has 100 valence electrons. The average Bonchev–Trinajstić information content (AvgIpc) is 2.95. The highest BCUT2D eigenvalue weighted by Gasteiger charge is 2.22. The molecule has 0 saturated carbocycles. The van der Waals surface area contributed by atoms with Crippen LogP contribution < -0.4 is 0 Å². The van der Waals surface area contributed by atoms with Crippen LogP contribution in [0.25, 0.3) is 10.6 Å². The normalized spacial score (nSPS) is 10.4. The van der Waals surface area contributed by atoms with Gasteiger partial charge in [-0.05, 0) is 11.4 Å². The number of likely N-dealkylation sites (N-methyl/N-ethyl adjacent to an activating group) is 1. The Kier molecular flexibility index (Phi) is 3.61. The molecule has 0 bridgehead atoms. The van der Waals surface area contributed by atoms with E-state index in [-0.39, 0.29) is 18.1 Å². The molecule has 19 heavy (non-hydrogen) atoms. The topological polar surface area (TPSA) is 88.3 Å². The van der Waals surface area contributed by atoms with Gasteiger partial charge < -0.3 is 10.0 Å². The monoisotopic (exact) mass is 280 g/mol. The minimum atomic E-state index is -1.16. The largest absolute Gasteiger partial charge is 0.476 e. The first-order valence-electron chi connectivity index (χ1n) is 5.41.